The number of sulfone groups is 1. The van der Waals surface area contributed by atoms with Crippen molar-refractivity contribution in [2.24, 2.45) is 5.92 Å². The van der Waals surface area contributed by atoms with Gasteiger partial charge in [-0.3, -0.25) is 10.1 Å². The molecule has 1 fully saturated rings. The minimum absolute atomic E-state index is 0.0149. The number of hydrogen-bond acceptors (Lipinski definition) is 4. The van der Waals surface area contributed by atoms with Crippen LogP contribution in [0.15, 0.2) is 0 Å². The Balaban J connectivity index is 2.75. The van der Waals surface area contributed by atoms with Gasteiger partial charge in [0.15, 0.2) is 9.84 Å². The number of hydrogen-bond donors (Lipinski definition) is 1. The highest BCUT2D eigenvalue weighted by atomic mass is 32.2. The van der Waals surface area contributed by atoms with Crippen LogP contribution in [0.2, 0.25) is 0 Å². The Morgan fingerprint density at radius 1 is 1.50 bits per heavy atom. The van der Waals surface area contributed by atoms with Gasteiger partial charge in [0.2, 0.25) is 5.91 Å². The average Bonchev–Trinajstić information content (AvgIpc) is 2.57. The smallest absolute Gasteiger partial charge is 0.241 e. The molecule has 0 aliphatic carbocycles. The summed E-state index contributed by atoms with van der Waals surface area (Å²) in [7, 11) is -3.18. The van der Waals surface area contributed by atoms with Crippen LogP contribution in [0.25, 0.3) is 0 Å². The lowest BCUT2D eigenvalue weighted by Gasteiger charge is -2.28. The molecule has 0 bridgehead atoms. The number of carbonyl (C=O) groups excluding carboxylic acids is 1. The lowest BCUT2D eigenvalue weighted by atomic mass is 9.99. The summed E-state index contributed by atoms with van der Waals surface area (Å²) in [6, 6.07) is -0.176. The van der Waals surface area contributed by atoms with Gasteiger partial charge in [-0.15, -0.1) is 0 Å². The van der Waals surface area contributed by atoms with Crippen LogP contribution in [0.4, 0.5) is 0 Å². The number of carbonyl (C=O) groups is 1. The molecule has 0 spiro atoms. The van der Waals surface area contributed by atoms with Crippen molar-refractivity contribution in [2.45, 2.75) is 44.9 Å². The normalized spacial score (nSPS) is 23.5. The van der Waals surface area contributed by atoms with Gasteiger partial charge in [-0.25, -0.2) is 8.42 Å². The second-order valence-electron chi connectivity index (χ2n) is 5.79. The van der Waals surface area contributed by atoms with E-state index in [0.717, 1.165) is 6.42 Å². The highest BCUT2D eigenvalue weighted by Gasteiger charge is 2.40. The molecule has 106 valence electrons. The molecule has 5 nitrogen and oxygen atoms in total. The summed E-state index contributed by atoms with van der Waals surface area (Å²) in [6.07, 6.45) is 2.14. The molecule has 0 aromatic rings. The summed E-state index contributed by atoms with van der Waals surface area (Å²) >= 11 is 0. The van der Waals surface area contributed by atoms with Crippen LogP contribution in [-0.2, 0) is 14.6 Å². The van der Waals surface area contributed by atoms with Gasteiger partial charge < -0.3 is 4.90 Å². The van der Waals surface area contributed by atoms with Gasteiger partial charge in [0.25, 0.3) is 0 Å². The molecule has 1 amide bonds. The van der Waals surface area contributed by atoms with Gasteiger partial charge in [0, 0.05) is 12.8 Å². The third-order valence-electron chi connectivity index (χ3n) is 3.87. The predicted molar refractivity (Wildman–Crippen MR) is 71.9 cm³/mol. The first kappa shape index (κ1) is 15.4. The SMILES string of the molecule is CCC(C)C1NCN(CC(C)(C)S(C)(=O)=O)C1=O. The van der Waals surface area contributed by atoms with E-state index in [2.05, 4.69) is 5.32 Å². The molecule has 0 aromatic carbocycles. The Morgan fingerprint density at radius 2 is 2.06 bits per heavy atom. The second-order valence-corrected chi connectivity index (χ2v) is 8.44. The zero-order valence-electron chi connectivity index (χ0n) is 11.9. The molecule has 1 aliphatic rings. The van der Waals surface area contributed by atoms with Gasteiger partial charge in [-0.2, -0.15) is 0 Å². The molecule has 2 atom stereocenters. The lowest BCUT2D eigenvalue weighted by molar-refractivity contribution is -0.130. The maximum absolute atomic E-state index is 12.2. The minimum atomic E-state index is -3.18. The molecule has 1 heterocycles. The fourth-order valence-corrected chi connectivity index (χ4v) is 2.35. The van der Waals surface area contributed by atoms with Crippen molar-refractivity contribution < 1.29 is 13.2 Å². The van der Waals surface area contributed by atoms with Crippen molar-refractivity contribution in [1.29, 1.82) is 0 Å². The third kappa shape index (κ3) is 3.03. The van der Waals surface area contributed by atoms with Gasteiger partial charge >= 0.3 is 0 Å². The van der Waals surface area contributed by atoms with E-state index in [0.29, 0.717) is 6.67 Å². The van der Waals surface area contributed by atoms with Crippen LogP contribution in [0.3, 0.4) is 0 Å². The largest absolute Gasteiger partial charge is 0.327 e. The van der Waals surface area contributed by atoms with Crippen molar-refractivity contribution in [1.82, 2.24) is 10.2 Å². The molecule has 18 heavy (non-hydrogen) atoms. The van der Waals surface area contributed by atoms with Crippen molar-refractivity contribution >= 4 is 15.7 Å². The molecule has 0 saturated carbocycles. The van der Waals surface area contributed by atoms with Crippen molar-refractivity contribution in [3.8, 4) is 0 Å². The minimum Gasteiger partial charge on any atom is -0.327 e. The maximum atomic E-state index is 12.2. The van der Waals surface area contributed by atoms with Crippen molar-refractivity contribution in [3.05, 3.63) is 0 Å². The van der Waals surface area contributed by atoms with Crippen LogP contribution in [-0.4, -0.2) is 49.5 Å². The van der Waals surface area contributed by atoms with Crippen LogP contribution in [0.5, 0.6) is 0 Å². The van der Waals surface area contributed by atoms with E-state index in [4.69, 9.17) is 0 Å². The second kappa shape index (κ2) is 5.17. The fraction of sp³-hybridized carbons (Fsp3) is 0.917. The van der Waals surface area contributed by atoms with Crippen LogP contribution < -0.4 is 5.32 Å². The van der Waals surface area contributed by atoms with E-state index in [9.17, 15) is 13.2 Å². The Hall–Kier alpha value is -0.620. The number of nitrogens with zero attached hydrogens (tertiary/aromatic N) is 1. The molecule has 6 heteroatoms. The molecule has 1 aliphatic heterocycles. The first-order valence-corrected chi connectivity index (χ1v) is 8.21. The summed E-state index contributed by atoms with van der Waals surface area (Å²) in [6.45, 7) is 8.07. The standard InChI is InChI=1S/C12H24N2O3S/c1-6-9(2)10-11(15)14(8-13-10)7-12(3,4)18(5,16)17/h9-10,13H,6-8H2,1-5H3. The fourth-order valence-electron chi connectivity index (χ4n) is 1.96. The van der Waals surface area contributed by atoms with Crippen LogP contribution in [0.1, 0.15) is 34.1 Å². The first-order valence-electron chi connectivity index (χ1n) is 6.32. The third-order valence-corrected chi connectivity index (χ3v) is 6.00. The summed E-state index contributed by atoms with van der Waals surface area (Å²) in [5, 5.41) is 3.16. The predicted octanol–water partition coefficient (Wildman–Crippen LogP) is 0.614. The Morgan fingerprint density at radius 3 is 2.50 bits per heavy atom. The van der Waals surface area contributed by atoms with E-state index >= 15 is 0 Å². The van der Waals surface area contributed by atoms with E-state index in [1.807, 2.05) is 13.8 Å². The Kier molecular flexibility index (Phi) is 4.43. The quantitative estimate of drug-likeness (QED) is 0.799. The lowest BCUT2D eigenvalue weighted by Crippen LogP contribution is -2.45. The summed E-state index contributed by atoms with van der Waals surface area (Å²) in [5.41, 5.74) is 0. The van der Waals surface area contributed by atoms with Gasteiger partial charge in [0.1, 0.15) is 0 Å². The van der Waals surface area contributed by atoms with Crippen molar-refractivity contribution in [3.63, 3.8) is 0 Å². The molecular formula is C12H24N2O3S. The van der Waals surface area contributed by atoms with Gasteiger partial charge in [-0.05, 0) is 19.8 Å². The summed E-state index contributed by atoms with van der Waals surface area (Å²) in [5.74, 6) is 0.282. The molecular weight excluding hydrogens is 252 g/mol. The molecule has 0 aromatic heterocycles. The average molecular weight is 276 g/mol. The number of rotatable bonds is 5. The Bertz CT molecular complexity index is 417. The molecule has 2 unspecified atom stereocenters. The Labute approximate surface area is 110 Å². The van der Waals surface area contributed by atoms with Crippen LogP contribution >= 0.6 is 0 Å². The topological polar surface area (TPSA) is 66.5 Å². The van der Waals surface area contributed by atoms with Gasteiger partial charge in [0.05, 0.1) is 17.5 Å². The van der Waals surface area contributed by atoms with Crippen molar-refractivity contribution in [2.75, 3.05) is 19.5 Å². The highest BCUT2D eigenvalue weighted by molar-refractivity contribution is 7.92. The summed E-state index contributed by atoms with van der Waals surface area (Å²) in [4.78, 5) is 13.8. The zero-order chi connectivity index (χ0) is 14.1. The van der Waals surface area contributed by atoms with E-state index in [1.165, 1.54) is 6.26 Å². The zero-order valence-corrected chi connectivity index (χ0v) is 12.7. The van der Waals surface area contributed by atoms with Crippen LogP contribution in [0, 0.1) is 5.92 Å². The first-order chi connectivity index (χ1) is 8.10. The van der Waals surface area contributed by atoms with Gasteiger partial charge in [-0.1, -0.05) is 20.3 Å². The molecule has 1 N–H and O–H groups in total. The number of nitrogens with one attached hydrogen (secondary N) is 1. The van der Waals surface area contributed by atoms with E-state index in [-0.39, 0.29) is 24.4 Å². The molecule has 1 rings (SSSR count). The highest BCUT2D eigenvalue weighted by Crippen LogP contribution is 2.21. The van der Waals surface area contributed by atoms with E-state index in [1.54, 1.807) is 18.7 Å². The maximum Gasteiger partial charge on any atom is 0.241 e. The molecule has 1 saturated heterocycles. The molecule has 0 radical (unpaired) electrons. The summed E-state index contributed by atoms with van der Waals surface area (Å²) < 4.78 is 22.4. The monoisotopic (exact) mass is 276 g/mol. The number of amides is 1. The van der Waals surface area contributed by atoms with E-state index < -0.39 is 14.6 Å².